The van der Waals surface area contributed by atoms with E-state index < -0.39 is 0 Å². The maximum absolute atomic E-state index is 8.90. The van der Waals surface area contributed by atoms with Crippen LogP contribution in [0.3, 0.4) is 0 Å². The van der Waals surface area contributed by atoms with E-state index in [2.05, 4.69) is 21.9 Å². The Morgan fingerprint density at radius 1 is 1.25 bits per heavy atom. The van der Waals surface area contributed by atoms with Crippen LogP contribution in [-0.4, -0.2) is 28.2 Å². The van der Waals surface area contributed by atoms with Crippen molar-refractivity contribution in [3.63, 3.8) is 0 Å². The van der Waals surface area contributed by atoms with Crippen molar-refractivity contribution in [3.8, 4) is 0 Å². The fourth-order valence-corrected chi connectivity index (χ4v) is 2.27. The molecule has 1 aromatic rings. The summed E-state index contributed by atoms with van der Waals surface area (Å²) in [5, 5.41) is 8.90. The second-order valence-electron chi connectivity index (χ2n) is 4.43. The predicted octanol–water partition coefficient (Wildman–Crippen LogP) is 1.74. The molecule has 0 amide bonds. The number of nitrogens with zero attached hydrogens (tertiary/aromatic N) is 3. The van der Waals surface area contributed by atoms with Crippen LogP contribution in [0, 0.1) is 0 Å². The Balaban J connectivity index is 2.04. The molecule has 2 rings (SSSR count). The van der Waals surface area contributed by atoms with E-state index in [0.29, 0.717) is 11.7 Å². The molecule has 0 spiro atoms. The molecule has 16 heavy (non-hydrogen) atoms. The summed E-state index contributed by atoms with van der Waals surface area (Å²) in [6, 6.07) is 0.600. The molecular formula is C12H19N3O. The fraction of sp³-hybridized carbons (Fsp3) is 0.667. The van der Waals surface area contributed by atoms with Crippen LogP contribution >= 0.6 is 0 Å². The molecule has 0 radical (unpaired) electrons. The highest BCUT2D eigenvalue weighted by Gasteiger charge is 2.19. The molecule has 0 saturated heterocycles. The SMILES string of the molecule is CN(c1cnc(CO)cn1)C1CCCCC1. The molecule has 0 bridgehead atoms. The lowest BCUT2D eigenvalue weighted by Gasteiger charge is -2.31. The third-order valence-corrected chi connectivity index (χ3v) is 3.34. The number of aliphatic hydroxyl groups is 1. The van der Waals surface area contributed by atoms with Crippen molar-refractivity contribution in [1.82, 2.24) is 9.97 Å². The van der Waals surface area contributed by atoms with E-state index in [1.54, 1.807) is 12.4 Å². The quantitative estimate of drug-likeness (QED) is 0.844. The van der Waals surface area contributed by atoms with Crippen LogP contribution in [0.1, 0.15) is 37.8 Å². The lowest BCUT2D eigenvalue weighted by Crippen LogP contribution is -2.34. The summed E-state index contributed by atoms with van der Waals surface area (Å²) in [7, 11) is 2.08. The topological polar surface area (TPSA) is 49.2 Å². The summed E-state index contributed by atoms with van der Waals surface area (Å²) in [4.78, 5) is 10.7. The monoisotopic (exact) mass is 221 g/mol. The highest BCUT2D eigenvalue weighted by atomic mass is 16.3. The van der Waals surface area contributed by atoms with Gasteiger partial charge in [-0.1, -0.05) is 19.3 Å². The first-order valence-corrected chi connectivity index (χ1v) is 5.96. The number of aromatic nitrogens is 2. The minimum Gasteiger partial charge on any atom is -0.390 e. The van der Waals surface area contributed by atoms with Crippen LogP contribution in [-0.2, 0) is 6.61 Å². The van der Waals surface area contributed by atoms with Crippen molar-refractivity contribution in [2.75, 3.05) is 11.9 Å². The molecule has 4 nitrogen and oxygen atoms in total. The van der Waals surface area contributed by atoms with Gasteiger partial charge < -0.3 is 10.0 Å². The Bertz CT molecular complexity index is 320. The van der Waals surface area contributed by atoms with Crippen LogP contribution < -0.4 is 4.90 Å². The predicted molar refractivity (Wildman–Crippen MR) is 63.2 cm³/mol. The smallest absolute Gasteiger partial charge is 0.147 e. The van der Waals surface area contributed by atoms with Crippen molar-refractivity contribution in [2.45, 2.75) is 44.8 Å². The second kappa shape index (κ2) is 5.25. The first-order chi connectivity index (χ1) is 7.81. The Hall–Kier alpha value is -1.16. The average molecular weight is 221 g/mol. The van der Waals surface area contributed by atoms with Gasteiger partial charge in [0.1, 0.15) is 5.82 Å². The van der Waals surface area contributed by atoms with E-state index in [-0.39, 0.29) is 6.61 Å². The van der Waals surface area contributed by atoms with E-state index >= 15 is 0 Å². The van der Waals surface area contributed by atoms with Gasteiger partial charge in [-0.2, -0.15) is 0 Å². The molecule has 0 atom stereocenters. The molecule has 1 heterocycles. The van der Waals surface area contributed by atoms with Gasteiger partial charge in [-0.3, -0.25) is 4.98 Å². The van der Waals surface area contributed by atoms with Crippen LogP contribution in [0.2, 0.25) is 0 Å². The highest BCUT2D eigenvalue weighted by Crippen LogP contribution is 2.24. The van der Waals surface area contributed by atoms with Crippen LogP contribution in [0.5, 0.6) is 0 Å². The van der Waals surface area contributed by atoms with Gasteiger partial charge in [0.05, 0.1) is 24.7 Å². The van der Waals surface area contributed by atoms with Crippen molar-refractivity contribution in [1.29, 1.82) is 0 Å². The van der Waals surface area contributed by atoms with E-state index in [9.17, 15) is 0 Å². The van der Waals surface area contributed by atoms with Crippen LogP contribution in [0.15, 0.2) is 12.4 Å². The largest absolute Gasteiger partial charge is 0.390 e. The minimum absolute atomic E-state index is 0.0412. The molecule has 1 saturated carbocycles. The molecule has 1 aliphatic carbocycles. The maximum atomic E-state index is 8.90. The number of rotatable bonds is 3. The van der Waals surface area contributed by atoms with E-state index in [0.717, 1.165) is 5.82 Å². The first-order valence-electron chi connectivity index (χ1n) is 5.96. The Labute approximate surface area is 96.3 Å². The molecule has 1 N–H and O–H groups in total. The lowest BCUT2D eigenvalue weighted by atomic mass is 9.94. The van der Waals surface area contributed by atoms with Gasteiger partial charge in [-0.05, 0) is 12.8 Å². The van der Waals surface area contributed by atoms with Crippen LogP contribution in [0.25, 0.3) is 0 Å². The zero-order valence-corrected chi connectivity index (χ0v) is 9.76. The lowest BCUT2D eigenvalue weighted by molar-refractivity contribution is 0.276. The van der Waals surface area contributed by atoms with Gasteiger partial charge in [-0.25, -0.2) is 4.98 Å². The summed E-state index contributed by atoms with van der Waals surface area (Å²) in [6.45, 7) is -0.0412. The van der Waals surface area contributed by atoms with Crippen molar-refractivity contribution < 1.29 is 5.11 Å². The summed E-state index contributed by atoms with van der Waals surface area (Å²) in [5.74, 6) is 0.907. The summed E-state index contributed by atoms with van der Waals surface area (Å²) < 4.78 is 0. The van der Waals surface area contributed by atoms with E-state index in [4.69, 9.17) is 5.11 Å². The Morgan fingerprint density at radius 2 is 2.00 bits per heavy atom. The van der Waals surface area contributed by atoms with Gasteiger partial charge in [0.25, 0.3) is 0 Å². The molecule has 0 aromatic carbocycles. The van der Waals surface area contributed by atoms with Gasteiger partial charge >= 0.3 is 0 Å². The first kappa shape index (κ1) is 11.3. The second-order valence-corrected chi connectivity index (χ2v) is 4.43. The summed E-state index contributed by atoms with van der Waals surface area (Å²) >= 11 is 0. The van der Waals surface area contributed by atoms with Gasteiger partial charge in [-0.15, -0.1) is 0 Å². The minimum atomic E-state index is -0.0412. The molecule has 88 valence electrons. The molecule has 0 unspecified atom stereocenters. The Morgan fingerprint density at radius 3 is 2.56 bits per heavy atom. The average Bonchev–Trinajstić information content (AvgIpc) is 2.39. The molecule has 1 fully saturated rings. The molecule has 4 heteroatoms. The van der Waals surface area contributed by atoms with Crippen LogP contribution in [0.4, 0.5) is 5.82 Å². The number of aliphatic hydroxyl groups excluding tert-OH is 1. The standard InChI is InChI=1S/C12H19N3O/c1-15(11-5-3-2-4-6-11)12-8-13-10(9-16)7-14-12/h7-8,11,16H,2-6,9H2,1H3. The van der Waals surface area contributed by atoms with Crippen molar-refractivity contribution in [3.05, 3.63) is 18.1 Å². The number of hydrogen-bond acceptors (Lipinski definition) is 4. The zero-order chi connectivity index (χ0) is 11.4. The third-order valence-electron chi connectivity index (χ3n) is 3.34. The van der Waals surface area contributed by atoms with Gasteiger partial charge in [0.15, 0.2) is 0 Å². The van der Waals surface area contributed by atoms with Crippen molar-refractivity contribution >= 4 is 5.82 Å². The fourth-order valence-electron chi connectivity index (χ4n) is 2.27. The summed E-state index contributed by atoms with van der Waals surface area (Å²) in [5.41, 5.74) is 0.626. The summed E-state index contributed by atoms with van der Waals surface area (Å²) in [6.07, 6.45) is 9.89. The molecule has 0 aliphatic heterocycles. The van der Waals surface area contributed by atoms with Gasteiger partial charge in [0, 0.05) is 13.1 Å². The molecule has 1 aliphatic rings. The zero-order valence-electron chi connectivity index (χ0n) is 9.76. The molecule has 1 aromatic heterocycles. The third kappa shape index (κ3) is 2.50. The van der Waals surface area contributed by atoms with E-state index in [1.165, 1.54) is 32.1 Å². The molecular weight excluding hydrogens is 202 g/mol. The van der Waals surface area contributed by atoms with Gasteiger partial charge in [0.2, 0.25) is 0 Å². The number of anilines is 1. The van der Waals surface area contributed by atoms with E-state index in [1.807, 2.05) is 0 Å². The van der Waals surface area contributed by atoms with Crippen molar-refractivity contribution in [2.24, 2.45) is 0 Å². The Kier molecular flexibility index (Phi) is 3.72. The number of hydrogen-bond donors (Lipinski definition) is 1. The highest BCUT2D eigenvalue weighted by molar-refractivity contribution is 5.36. The normalized spacial score (nSPS) is 17.4. The maximum Gasteiger partial charge on any atom is 0.147 e.